The molecule has 0 unspecified atom stereocenters. The normalized spacial score (nSPS) is 16.4. The average Bonchev–Trinajstić information content (AvgIpc) is 2.39. The molecule has 0 radical (unpaired) electrons. The SMILES string of the molecule is Cc1ccc(-c2ccnc(C3(C#N)COC3)n2)cc1. The molecule has 0 bridgehead atoms. The van der Waals surface area contributed by atoms with Crippen molar-refractivity contribution in [1.29, 1.82) is 5.26 Å². The van der Waals surface area contributed by atoms with Gasteiger partial charge in [0.15, 0.2) is 11.2 Å². The van der Waals surface area contributed by atoms with Crippen LogP contribution in [0.4, 0.5) is 0 Å². The van der Waals surface area contributed by atoms with Gasteiger partial charge in [-0.25, -0.2) is 9.97 Å². The lowest BCUT2D eigenvalue weighted by Gasteiger charge is -2.33. The maximum absolute atomic E-state index is 9.28. The Morgan fingerprint density at radius 2 is 1.95 bits per heavy atom. The van der Waals surface area contributed by atoms with Gasteiger partial charge in [0.1, 0.15) is 0 Å². The third kappa shape index (κ3) is 1.98. The molecule has 1 aromatic heterocycles. The van der Waals surface area contributed by atoms with Gasteiger partial charge in [-0.3, -0.25) is 0 Å². The minimum atomic E-state index is -0.666. The number of ether oxygens (including phenoxy) is 1. The van der Waals surface area contributed by atoms with Crippen molar-refractivity contribution >= 4 is 0 Å². The Balaban J connectivity index is 2.01. The van der Waals surface area contributed by atoms with Crippen LogP contribution < -0.4 is 0 Å². The smallest absolute Gasteiger partial charge is 0.163 e. The number of aromatic nitrogens is 2. The van der Waals surface area contributed by atoms with Gasteiger partial charge in [-0.05, 0) is 13.0 Å². The summed E-state index contributed by atoms with van der Waals surface area (Å²) in [4.78, 5) is 8.76. The highest BCUT2D eigenvalue weighted by Gasteiger charge is 2.43. The van der Waals surface area contributed by atoms with Crippen molar-refractivity contribution in [1.82, 2.24) is 9.97 Å². The molecule has 1 aliphatic heterocycles. The second kappa shape index (κ2) is 4.45. The summed E-state index contributed by atoms with van der Waals surface area (Å²) in [5.41, 5.74) is 2.41. The Morgan fingerprint density at radius 3 is 2.53 bits per heavy atom. The zero-order valence-corrected chi connectivity index (χ0v) is 10.6. The fourth-order valence-corrected chi connectivity index (χ4v) is 2.02. The molecule has 0 spiro atoms. The van der Waals surface area contributed by atoms with Crippen LogP contribution in [-0.4, -0.2) is 23.2 Å². The third-order valence-electron chi connectivity index (χ3n) is 3.34. The van der Waals surface area contributed by atoms with Gasteiger partial charge in [0.2, 0.25) is 0 Å². The monoisotopic (exact) mass is 251 g/mol. The van der Waals surface area contributed by atoms with E-state index in [0.717, 1.165) is 11.3 Å². The Bertz CT molecular complexity index is 639. The number of nitrogens with zero attached hydrogens (tertiary/aromatic N) is 3. The largest absolute Gasteiger partial charge is 0.377 e. The molecule has 4 heteroatoms. The lowest BCUT2D eigenvalue weighted by molar-refractivity contribution is -0.0338. The van der Waals surface area contributed by atoms with Gasteiger partial charge in [0.05, 0.1) is 25.0 Å². The molecule has 94 valence electrons. The van der Waals surface area contributed by atoms with Crippen molar-refractivity contribution in [2.24, 2.45) is 0 Å². The first-order valence-electron chi connectivity index (χ1n) is 6.13. The summed E-state index contributed by atoms with van der Waals surface area (Å²) >= 11 is 0. The van der Waals surface area contributed by atoms with E-state index < -0.39 is 5.41 Å². The zero-order chi connectivity index (χ0) is 13.3. The number of hydrogen-bond acceptors (Lipinski definition) is 4. The van der Waals surface area contributed by atoms with Crippen molar-refractivity contribution in [3.63, 3.8) is 0 Å². The molecule has 0 aliphatic carbocycles. The van der Waals surface area contributed by atoms with Gasteiger partial charge in [0.25, 0.3) is 0 Å². The summed E-state index contributed by atoms with van der Waals surface area (Å²) < 4.78 is 5.14. The molecule has 19 heavy (non-hydrogen) atoms. The van der Waals surface area contributed by atoms with Crippen molar-refractivity contribution in [3.8, 4) is 17.3 Å². The maximum atomic E-state index is 9.28. The maximum Gasteiger partial charge on any atom is 0.163 e. The summed E-state index contributed by atoms with van der Waals surface area (Å²) in [6, 6.07) is 12.3. The van der Waals surface area contributed by atoms with Crippen LogP contribution in [0.15, 0.2) is 36.5 Å². The number of nitriles is 1. The van der Waals surface area contributed by atoms with Crippen LogP contribution >= 0.6 is 0 Å². The molecule has 2 aromatic rings. The third-order valence-corrected chi connectivity index (χ3v) is 3.34. The topological polar surface area (TPSA) is 58.8 Å². The second-order valence-electron chi connectivity index (χ2n) is 4.82. The van der Waals surface area contributed by atoms with Crippen molar-refractivity contribution in [2.45, 2.75) is 12.3 Å². The van der Waals surface area contributed by atoms with E-state index in [-0.39, 0.29) is 0 Å². The average molecular weight is 251 g/mol. The molecule has 0 N–H and O–H groups in total. The molecule has 4 nitrogen and oxygen atoms in total. The summed E-state index contributed by atoms with van der Waals surface area (Å²) in [6.07, 6.45) is 1.70. The lowest BCUT2D eigenvalue weighted by Crippen LogP contribution is -2.46. The molecule has 1 aliphatic rings. The minimum Gasteiger partial charge on any atom is -0.377 e. The standard InChI is InChI=1S/C15H13N3O/c1-11-2-4-12(5-3-11)13-6-7-17-14(18-13)15(8-16)9-19-10-15/h2-7H,9-10H2,1H3. The molecule has 0 amide bonds. The summed E-state index contributed by atoms with van der Waals surface area (Å²) in [7, 11) is 0. The number of rotatable bonds is 2. The van der Waals surface area contributed by atoms with E-state index in [1.165, 1.54) is 5.56 Å². The summed E-state index contributed by atoms with van der Waals surface area (Å²) in [5, 5.41) is 9.28. The number of aryl methyl sites for hydroxylation is 1. The van der Waals surface area contributed by atoms with Crippen LogP contribution in [0.2, 0.25) is 0 Å². The van der Waals surface area contributed by atoms with Crippen molar-refractivity contribution in [2.75, 3.05) is 13.2 Å². The van der Waals surface area contributed by atoms with Crippen molar-refractivity contribution < 1.29 is 4.74 Å². The van der Waals surface area contributed by atoms with Gasteiger partial charge in [-0.15, -0.1) is 0 Å². The highest BCUT2D eigenvalue weighted by Crippen LogP contribution is 2.30. The highest BCUT2D eigenvalue weighted by atomic mass is 16.5. The van der Waals surface area contributed by atoms with E-state index >= 15 is 0 Å². The Kier molecular flexibility index (Phi) is 2.77. The minimum absolute atomic E-state index is 0.376. The van der Waals surface area contributed by atoms with Crippen molar-refractivity contribution in [3.05, 3.63) is 47.9 Å². The van der Waals surface area contributed by atoms with E-state index in [9.17, 15) is 5.26 Å². The quantitative estimate of drug-likeness (QED) is 0.821. The molecule has 1 saturated heterocycles. The predicted octanol–water partition coefficient (Wildman–Crippen LogP) is 2.24. The Hall–Kier alpha value is -2.25. The first kappa shape index (κ1) is 11.8. The predicted molar refractivity (Wildman–Crippen MR) is 70.3 cm³/mol. The number of hydrogen-bond donors (Lipinski definition) is 0. The van der Waals surface area contributed by atoms with Gasteiger partial charge in [-0.1, -0.05) is 29.8 Å². The van der Waals surface area contributed by atoms with Crippen LogP contribution in [0.3, 0.4) is 0 Å². The lowest BCUT2D eigenvalue weighted by atomic mass is 9.87. The van der Waals surface area contributed by atoms with Crippen LogP contribution in [-0.2, 0) is 10.2 Å². The molecular formula is C15H13N3O. The van der Waals surface area contributed by atoms with E-state index in [0.29, 0.717) is 19.0 Å². The van der Waals surface area contributed by atoms with Gasteiger partial charge >= 0.3 is 0 Å². The van der Waals surface area contributed by atoms with E-state index in [1.54, 1.807) is 6.20 Å². The van der Waals surface area contributed by atoms with E-state index in [1.807, 2.05) is 37.3 Å². The van der Waals surface area contributed by atoms with Crippen LogP contribution in [0.5, 0.6) is 0 Å². The molecule has 1 aromatic carbocycles. The fourth-order valence-electron chi connectivity index (χ4n) is 2.02. The van der Waals surface area contributed by atoms with E-state index in [2.05, 4.69) is 16.0 Å². The summed E-state index contributed by atoms with van der Waals surface area (Å²) in [6.45, 7) is 2.80. The van der Waals surface area contributed by atoms with Crippen LogP contribution in [0.25, 0.3) is 11.3 Å². The van der Waals surface area contributed by atoms with Gasteiger partial charge < -0.3 is 4.74 Å². The molecule has 0 saturated carbocycles. The molecule has 3 rings (SSSR count). The van der Waals surface area contributed by atoms with Gasteiger partial charge in [0, 0.05) is 11.8 Å². The second-order valence-corrected chi connectivity index (χ2v) is 4.82. The Labute approximate surface area is 111 Å². The Morgan fingerprint density at radius 1 is 1.21 bits per heavy atom. The zero-order valence-electron chi connectivity index (χ0n) is 10.6. The molecule has 1 fully saturated rings. The van der Waals surface area contributed by atoms with Gasteiger partial charge in [-0.2, -0.15) is 5.26 Å². The van der Waals surface area contributed by atoms with E-state index in [4.69, 9.17) is 4.74 Å². The first-order valence-corrected chi connectivity index (χ1v) is 6.13. The highest BCUT2D eigenvalue weighted by molar-refractivity contribution is 5.59. The summed E-state index contributed by atoms with van der Waals surface area (Å²) in [5.74, 6) is 0.555. The molecular weight excluding hydrogens is 238 g/mol. The van der Waals surface area contributed by atoms with Crippen LogP contribution in [0.1, 0.15) is 11.4 Å². The molecule has 2 heterocycles. The van der Waals surface area contributed by atoms with Crippen LogP contribution in [0, 0.1) is 18.3 Å². The molecule has 0 atom stereocenters. The first-order chi connectivity index (χ1) is 9.23. The number of benzene rings is 1. The fraction of sp³-hybridized carbons (Fsp3) is 0.267.